The second-order valence-corrected chi connectivity index (χ2v) is 3.17. The van der Waals surface area contributed by atoms with E-state index < -0.39 is 12.0 Å². The molecule has 0 aliphatic carbocycles. The third-order valence-electron chi connectivity index (χ3n) is 2.00. The van der Waals surface area contributed by atoms with E-state index in [9.17, 15) is 4.79 Å². The van der Waals surface area contributed by atoms with Crippen LogP contribution in [0.5, 0.6) is 0 Å². The lowest BCUT2D eigenvalue weighted by Crippen LogP contribution is -3.00. The molecule has 4 nitrogen and oxygen atoms in total. The molecule has 1 N–H and O–H groups in total. The molecule has 0 fully saturated rings. The van der Waals surface area contributed by atoms with Crippen molar-refractivity contribution in [2.24, 2.45) is 7.05 Å². The zero-order valence-electron chi connectivity index (χ0n) is 8.35. The van der Waals surface area contributed by atoms with Gasteiger partial charge in [0.25, 0.3) is 0 Å². The van der Waals surface area contributed by atoms with Gasteiger partial charge >= 0.3 is 5.97 Å². The molecule has 1 aromatic heterocycles. The quantitative estimate of drug-likeness (QED) is 0.623. The van der Waals surface area contributed by atoms with E-state index in [0.717, 1.165) is 6.42 Å². The second-order valence-electron chi connectivity index (χ2n) is 3.17. The lowest BCUT2D eigenvalue weighted by Gasteiger charge is -2.06. The van der Waals surface area contributed by atoms with Crippen LogP contribution in [0.4, 0.5) is 0 Å². The van der Waals surface area contributed by atoms with Crippen molar-refractivity contribution in [1.82, 2.24) is 4.57 Å². The molecule has 1 aromatic rings. The predicted octanol–water partition coefficient (Wildman–Crippen LogP) is -2.26. The SMILES string of the molecule is CCCC(C(=O)O)n1cc[n+](C)c1.[Br-]. The summed E-state index contributed by atoms with van der Waals surface area (Å²) in [7, 11) is 1.88. The summed E-state index contributed by atoms with van der Waals surface area (Å²) in [4.78, 5) is 10.9. The maximum atomic E-state index is 10.9. The fraction of sp³-hybridized carbons (Fsp3) is 0.556. The number of hydrogen-bond acceptors (Lipinski definition) is 1. The minimum Gasteiger partial charge on any atom is -1.00 e. The Kier molecular flexibility index (Phi) is 5.45. The van der Waals surface area contributed by atoms with Gasteiger partial charge < -0.3 is 22.1 Å². The van der Waals surface area contributed by atoms with Gasteiger partial charge in [-0.15, -0.1) is 0 Å². The average molecular weight is 263 g/mol. The fourth-order valence-corrected chi connectivity index (χ4v) is 1.33. The first-order chi connectivity index (χ1) is 6.15. The summed E-state index contributed by atoms with van der Waals surface area (Å²) in [5, 5.41) is 8.94. The molecule has 1 rings (SSSR count). The molecule has 0 aliphatic rings. The van der Waals surface area contributed by atoms with Crippen LogP contribution in [0.2, 0.25) is 0 Å². The molecule has 14 heavy (non-hydrogen) atoms. The molecular weight excluding hydrogens is 248 g/mol. The van der Waals surface area contributed by atoms with E-state index in [1.54, 1.807) is 17.1 Å². The molecule has 1 heterocycles. The molecule has 0 amide bonds. The Morgan fingerprint density at radius 3 is 2.64 bits per heavy atom. The number of aliphatic carboxylic acids is 1. The summed E-state index contributed by atoms with van der Waals surface area (Å²) in [6.07, 6.45) is 6.96. The molecule has 0 aromatic carbocycles. The van der Waals surface area contributed by atoms with Crippen LogP contribution in [0, 0.1) is 0 Å². The van der Waals surface area contributed by atoms with Gasteiger partial charge in [0.05, 0.1) is 7.05 Å². The number of halogens is 1. The van der Waals surface area contributed by atoms with Crippen LogP contribution in [0.3, 0.4) is 0 Å². The maximum Gasteiger partial charge on any atom is 0.349 e. The van der Waals surface area contributed by atoms with E-state index in [-0.39, 0.29) is 17.0 Å². The molecule has 0 bridgehead atoms. The van der Waals surface area contributed by atoms with Crippen LogP contribution >= 0.6 is 0 Å². The van der Waals surface area contributed by atoms with E-state index in [2.05, 4.69) is 0 Å². The van der Waals surface area contributed by atoms with Crippen molar-refractivity contribution in [1.29, 1.82) is 0 Å². The molecule has 0 radical (unpaired) electrons. The van der Waals surface area contributed by atoms with Gasteiger partial charge in [0, 0.05) is 0 Å². The lowest BCUT2D eigenvalue weighted by molar-refractivity contribution is -0.671. The van der Waals surface area contributed by atoms with Crippen LogP contribution in [0.15, 0.2) is 18.7 Å². The fourth-order valence-electron chi connectivity index (χ4n) is 1.33. The van der Waals surface area contributed by atoms with Crippen molar-refractivity contribution in [3.05, 3.63) is 18.7 Å². The zero-order valence-corrected chi connectivity index (χ0v) is 9.94. The Hall–Kier alpha value is -0.840. The van der Waals surface area contributed by atoms with Crippen LogP contribution in [0.1, 0.15) is 25.8 Å². The molecule has 1 atom stereocenters. The lowest BCUT2D eigenvalue weighted by atomic mass is 10.2. The highest BCUT2D eigenvalue weighted by Gasteiger charge is 2.22. The van der Waals surface area contributed by atoms with Crippen LogP contribution in [-0.2, 0) is 11.8 Å². The molecule has 5 heteroatoms. The van der Waals surface area contributed by atoms with E-state index in [1.165, 1.54) is 0 Å². The van der Waals surface area contributed by atoms with Gasteiger partial charge in [-0.25, -0.2) is 13.9 Å². The van der Waals surface area contributed by atoms with Crippen LogP contribution in [-0.4, -0.2) is 15.6 Å². The highest BCUT2D eigenvalue weighted by molar-refractivity contribution is 5.71. The number of rotatable bonds is 4. The topological polar surface area (TPSA) is 46.1 Å². The minimum atomic E-state index is -0.766. The van der Waals surface area contributed by atoms with Gasteiger partial charge in [-0.2, -0.15) is 0 Å². The van der Waals surface area contributed by atoms with E-state index in [1.807, 2.05) is 24.7 Å². The first-order valence-electron chi connectivity index (χ1n) is 4.40. The van der Waals surface area contributed by atoms with Gasteiger partial charge in [0.1, 0.15) is 12.4 Å². The van der Waals surface area contributed by atoms with Gasteiger partial charge in [-0.3, -0.25) is 0 Å². The summed E-state index contributed by atoms with van der Waals surface area (Å²) >= 11 is 0. The van der Waals surface area contributed by atoms with Gasteiger partial charge in [0.15, 0.2) is 6.04 Å². The number of aryl methyl sites for hydroxylation is 1. The maximum absolute atomic E-state index is 10.9. The molecule has 80 valence electrons. The molecule has 1 unspecified atom stereocenters. The first-order valence-corrected chi connectivity index (χ1v) is 4.40. The molecule has 0 saturated heterocycles. The zero-order chi connectivity index (χ0) is 9.84. The number of imidazole rings is 1. The molecule has 0 aliphatic heterocycles. The van der Waals surface area contributed by atoms with Crippen molar-refractivity contribution < 1.29 is 31.4 Å². The normalized spacial score (nSPS) is 11.9. The summed E-state index contributed by atoms with van der Waals surface area (Å²) in [6, 6.07) is -0.425. The summed E-state index contributed by atoms with van der Waals surface area (Å²) in [6.45, 7) is 1.99. The molecular formula is C9H15BrN2O2. The standard InChI is InChI=1S/C9H14N2O2.BrH/c1-3-4-8(9(12)13)11-6-5-10(2)7-11;/h5-8H,3-4H2,1-2H3;1H. The number of aromatic nitrogens is 2. The van der Waals surface area contributed by atoms with Gasteiger partial charge in [-0.1, -0.05) is 13.3 Å². The van der Waals surface area contributed by atoms with Crippen molar-refractivity contribution in [2.45, 2.75) is 25.8 Å². The monoisotopic (exact) mass is 262 g/mol. The third kappa shape index (κ3) is 3.14. The molecule has 0 spiro atoms. The highest BCUT2D eigenvalue weighted by atomic mass is 79.9. The van der Waals surface area contributed by atoms with E-state index in [4.69, 9.17) is 5.11 Å². The summed E-state index contributed by atoms with van der Waals surface area (Å²) < 4.78 is 3.57. The van der Waals surface area contributed by atoms with Crippen LogP contribution < -0.4 is 21.5 Å². The number of carboxylic acid groups (broad SMARTS) is 1. The highest BCUT2D eigenvalue weighted by Crippen LogP contribution is 2.12. The third-order valence-corrected chi connectivity index (χ3v) is 2.00. The van der Waals surface area contributed by atoms with Crippen molar-refractivity contribution in [2.75, 3.05) is 0 Å². The summed E-state index contributed by atoms with van der Waals surface area (Å²) in [5.41, 5.74) is 0. The Morgan fingerprint density at radius 2 is 2.29 bits per heavy atom. The second kappa shape index (κ2) is 5.80. The predicted molar refractivity (Wildman–Crippen MR) is 47.2 cm³/mol. The number of hydrogen-bond donors (Lipinski definition) is 1. The Bertz CT molecular complexity index is 299. The number of carbonyl (C=O) groups is 1. The van der Waals surface area contributed by atoms with E-state index >= 15 is 0 Å². The summed E-state index contributed by atoms with van der Waals surface area (Å²) in [5.74, 6) is -0.766. The largest absolute Gasteiger partial charge is 1.00 e. The van der Waals surface area contributed by atoms with Gasteiger partial charge in [-0.05, 0) is 6.42 Å². The van der Waals surface area contributed by atoms with Gasteiger partial charge in [0.2, 0.25) is 6.33 Å². The number of nitrogens with zero attached hydrogens (tertiary/aromatic N) is 2. The Balaban J connectivity index is 0.00000169. The average Bonchev–Trinajstić information content (AvgIpc) is 2.46. The number of carboxylic acids is 1. The molecule has 0 saturated carbocycles. The van der Waals surface area contributed by atoms with Crippen molar-refractivity contribution in [3.63, 3.8) is 0 Å². The first kappa shape index (κ1) is 13.2. The Labute approximate surface area is 93.9 Å². The smallest absolute Gasteiger partial charge is 0.349 e. The van der Waals surface area contributed by atoms with Crippen LogP contribution in [0.25, 0.3) is 0 Å². The minimum absolute atomic E-state index is 0. The van der Waals surface area contributed by atoms with E-state index in [0.29, 0.717) is 6.42 Å². The Morgan fingerprint density at radius 1 is 1.64 bits per heavy atom. The van der Waals surface area contributed by atoms with Crippen molar-refractivity contribution in [3.8, 4) is 0 Å². The van der Waals surface area contributed by atoms with Crippen molar-refractivity contribution >= 4 is 5.97 Å².